The Bertz CT molecular complexity index is 609. The summed E-state index contributed by atoms with van der Waals surface area (Å²) in [4.78, 5) is 0.371. The fourth-order valence-corrected chi connectivity index (χ4v) is 4.50. The molecule has 0 saturated carbocycles. The van der Waals surface area contributed by atoms with Gasteiger partial charge in [0.2, 0.25) is 10.0 Å². The maximum atomic E-state index is 12.8. The second-order valence-electron chi connectivity index (χ2n) is 5.59. The summed E-state index contributed by atoms with van der Waals surface area (Å²) in [5.41, 5.74) is 2.14. The lowest BCUT2D eigenvalue weighted by atomic mass is 10.2. The Kier molecular flexibility index (Phi) is 4.19. The van der Waals surface area contributed by atoms with Gasteiger partial charge in [0, 0.05) is 31.9 Å². The van der Waals surface area contributed by atoms with Gasteiger partial charge in [0.1, 0.15) is 0 Å². The van der Waals surface area contributed by atoms with Crippen LogP contribution in [0.15, 0.2) is 23.1 Å². The lowest BCUT2D eigenvalue weighted by molar-refractivity contribution is 0.0947. The minimum atomic E-state index is -3.45. The van der Waals surface area contributed by atoms with Crippen LogP contribution in [0.3, 0.4) is 0 Å². The first-order valence-corrected chi connectivity index (χ1v) is 9.04. The van der Waals surface area contributed by atoms with Crippen molar-refractivity contribution in [1.29, 1.82) is 0 Å². The largest absolute Gasteiger partial charge is 0.384 e. The van der Waals surface area contributed by atoms with Gasteiger partial charge in [0.15, 0.2) is 0 Å². The number of fused-ring (bicyclic) bond motifs is 1. The smallest absolute Gasteiger partial charge is 0.243 e. The fourth-order valence-electron chi connectivity index (χ4n) is 2.99. The summed E-state index contributed by atoms with van der Waals surface area (Å²) in [7, 11) is -3.45. The molecule has 2 aliphatic rings. The topological polar surface area (TPSA) is 58.6 Å². The van der Waals surface area contributed by atoms with Crippen molar-refractivity contribution in [3.8, 4) is 0 Å². The highest BCUT2D eigenvalue weighted by molar-refractivity contribution is 7.89. The monoisotopic (exact) mass is 310 g/mol. The molecule has 1 unspecified atom stereocenters. The highest BCUT2D eigenvalue weighted by atomic mass is 32.2. The standard InChI is InChI=1S/C15H22N2O3S/c1-2-17(11-13-4-3-9-20-13)21(18,19)14-6-5-12-7-8-16-15(12)10-14/h5-6,10,13,16H,2-4,7-9,11H2,1H3. The highest BCUT2D eigenvalue weighted by Crippen LogP contribution is 2.27. The molecule has 1 N–H and O–H groups in total. The zero-order valence-corrected chi connectivity index (χ0v) is 13.2. The second-order valence-corrected chi connectivity index (χ2v) is 7.52. The third kappa shape index (κ3) is 2.93. The molecular weight excluding hydrogens is 288 g/mol. The van der Waals surface area contributed by atoms with E-state index in [0.717, 1.165) is 38.1 Å². The van der Waals surface area contributed by atoms with Crippen LogP contribution in [0.4, 0.5) is 5.69 Å². The van der Waals surface area contributed by atoms with Gasteiger partial charge in [-0.2, -0.15) is 4.31 Å². The van der Waals surface area contributed by atoms with Crippen LogP contribution in [-0.2, 0) is 21.2 Å². The van der Waals surface area contributed by atoms with Crippen LogP contribution in [0.2, 0.25) is 0 Å². The zero-order chi connectivity index (χ0) is 14.9. The molecule has 2 heterocycles. The third-order valence-electron chi connectivity index (χ3n) is 4.21. The average Bonchev–Trinajstić information content (AvgIpc) is 3.14. The zero-order valence-electron chi connectivity index (χ0n) is 12.3. The normalized spacial score (nSPS) is 21.5. The Balaban J connectivity index is 1.83. The van der Waals surface area contributed by atoms with Gasteiger partial charge < -0.3 is 10.1 Å². The molecule has 0 radical (unpaired) electrons. The molecule has 5 nitrogen and oxygen atoms in total. The molecule has 0 amide bonds. The molecule has 21 heavy (non-hydrogen) atoms. The van der Waals surface area contributed by atoms with E-state index in [4.69, 9.17) is 4.74 Å². The van der Waals surface area contributed by atoms with E-state index in [0.29, 0.717) is 18.0 Å². The van der Waals surface area contributed by atoms with Crippen molar-refractivity contribution in [2.24, 2.45) is 0 Å². The van der Waals surface area contributed by atoms with Crippen LogP contribution in [0.5, 0.6) is 0 Å². The maximum absolute atomic E-state index is 12.8. The fraction of sp³-hybridized carbons (Fsp3) is 0.600. The summed E-state index contributed by atoms with van der Waals surface area (Å²) < 4.78 is 32.7. The van der Waals surface area contributed by atoms with Crippen LogP contribution in [0, 0.1) is 0 Å². The van der Waals surface area contributed by atoms with Gasteiger partial charge in [-0.05, 0) is 37.0 Å². The summed E-state index contributed by atoms with van der Waals surface area (Å²) in [6.45, 7) is 4.41. The van der Waals surface area contributed by atoms with Crippen molar-refractivity contribution in [2.45, 2.75) is 37.2 Å². The van der Waals surface area contributed by atoms with Gasteiger partial charge in [-0.25, -0.2) is 8.42 Å². The quantitative estimate of drug-likeness (QED) is 0.901. The van der Waals surface area contributed by atoms with Crippen LogP contribution < -0.4 is 5.32 Å². The molecule has 2 aliphatic heterocycles. The molecule has 1 fully saturated rings. The van der Waals surface area contributed by atoms with E-state index in [1.807, 2.05) is 13.0 Å². The van der Waals surface area contributed by atoms with E-state index < -0.39 is 10.0 Å². The molecule has 1 saturated heterocycles. The van der Waals surface area contributed by atoms with Crippen molar-refractivity contribution in [1.82, 2.24) is 4.31 Å². The van der Waals surface area contributed by atoms with E-state index in [1.165, 1.54) is 9.87 Å². The van der Waals surface area contributed by atoms with Crippen LogP contribution in [-0.4, -0.2) is 45.1 Å². The number of nitrogens with one attached hydrogen (secondary N) is 1. The van der Waals surface area contributed by atoms with E-state index in [2.05, 4.69) is 5.32 Å². The number of hydrogen-bond donors (Lipinski definition) is 1. The molecule has 0 spiro atoms. The summed E-state index contributed by atoms with van der Waals surface area (Å²) in [6.07, 6.45) is 2.96. The molecule has 1 aromatic carbocycles. The number of sulfonamides is 1. The molecular formula is C15H22N2O3S. The maximum Gasteiger partial charge on any atom is 0.243 e. The Morgan fingerprint density at radius 2 is 2.29 bits per heavy atom. The van der Waals surface area contributed by atoms with Crippen molar-refractivity contribution in [3.63, 3.8) is 0 Å². The Labute approximate surface area is 126 Å². The second kappa shape index (κ2) is 5.94. The SMILES string of the molecule is CCN(CC1CCCO1)S(=O)(=O)c1ccc2c(c1)NCC2. The predicted octanol–water partition coefficient (Wildman–Crippen LogP) is 1.84. The predicted molar refractivity (Wildman–Crippen MR) is 82.0 cm³/mol. The first-order chi connectivity index (χ1) is 10.1. The van der Waals surface area contributed by atoms with E-state index in [9.17, 15) is 8.42 Å². The molecule has 1 atom stereocenters. The average molecular weight is 310 g/mol. The summed E-state index contributed by atoms with van der Waals surface area (Å²) in [5, 5.41) is 3.24. The first kappa shape index (κ1) is 14.8. The highest BCUT2D eigenvalue weighted by Gasteiger charge is 2.28. The Hall–Kier alpha value is -1.11. The molecule has 1 aromatic rings. The number of likely N-dealkylation sites (N-methyl/N-ethyl adjacent to an activating group) is 1. The summed E-state index contributed by atoms with van der Waals surface area (Å²) in [6, 6.07) is 5.40. The van der Waals surface area contributed by atoms with Gasteiger partial charge >= 0.3 is 0 Å². The molecule has 0 bridgehead atoms. The Morgan fingerprint density at radius 1 is 1.43 bits per heavy atom. The van der Waals surface area contributed by atoms with Crippen molar-refractivity contribution < 1.29 is 13.2 Å². The van der Waals surface area contributed by atoms with Crippen molar-refractivity contribution in [3.05, 3.63) is 23.8 Å². The Morgan fingerprint density at radius 3 is 3.00 bits per heavy atom. The molecule has 0 aliphatic carbocycles. The van der Waals surface area contributed by atoms with E-state index in [-0.39, 0.29) is 6.10 Å². The summed E-state index contributed by atoms with van der Waals surface area (Å²) in [5.74, 6) is 0. The lowest BCUT2D eigenvalue weighted by Gasteiger charge is -2.23. The minimum absolute atomic E-state index is 0.0345. The lowest BCUT2D eigenvalue weighted by Crippen LogP contribution is -2.37. The van der Waals surface area contributed by atoms with Gasteiger partial charge in [0.05, 0.1) is 11.0 Å². The number of ether oxygens (including phenoxy) is 1. The van der Waals surface area contributed by atoms with Gasteiger partial charge in [-0.1, -0.05) is 13.0 Å². The first-order valence-electron chi connectivity index (χ1n) is 7.60. The number of nitrogens with zero attached hydrogens (tertiary/aromatic N) is 1. The minimum Gasteiger partial charge on any atom is -0.384 e. The van der Waals surface area contributed by atoms with E-state index >= 15 is 0 Å². The van der Waals surface area contributed by atoms with Crippen LogP contribution in [0.25, 0.3) is 0 Å². The van der Waals surface area contributed by atoms with Gasteiger partial charge in [-0.3, -0.25) is 0 Å². The number of anilines is 1. The number of rotatable bonds is 5. The molecule has 6 heteroatoms. The van der Waals surface area contributed by atoms with Crippen molar-refractivity contribution >= 4 is 15.7 Å². The summed E-state index contributed by atoms with van der Waals surface area (Å²) >= 11 is 0. The van der Waals surface area contributed by atoms with Crippen LogP contribution >= 0.6 is 0 Å². The van der Waals surface area contributed by atoms with Gasteiger partial charge in [0.25, 0.3) is 0 Å². The van der Waals surface area contributed by atoms with E-state index in [1.54, 1.807) is 12.1 Å². The molecule has 3 rings (SSSR count). The number of hydrogen-bond acceptors (Lipinski definition) is 4. The van der Waals surface area contributed by atoms with Gasteiger partial charge in [-0.15, -0.1) is 0 Å². The number of benzene rings is 1. The molecule has 0 aromatic heterocycles. The third-order valence-corrected chi connectivity index (χ3v) is 6.15. The van der Waals surface area contributed by atoms with Crippen LogP contribution in [0.1, 0.15) is 25.3 Å². The molecule has 116 valence electrons. The van der Waals surface area contributed by atoms with Crippen molar-refractivity contribution in [2.75, 3.05) is 31.6 Å².